The largest absolute Gasteiger partial charge is 0.494 e. The van der Waals surface area contributed by atoms with Gasteiger partial charge >= 0.3 is 5.97 Å². The molecule has 0 heterocycles. The summed E-state index contributed by atoms with van der Waals surface area (Å²) in [7, 11) is 0. The summed E-state index contributed by atoms with van der Waals surface area (Å²) in [5.41, 5.74) is 0.962. The van der Waals surface area contributed by atoms with Crippen molar-refractivity contribution in [1.82, 2.24) is 0 Å². The number of unbranched alkanes of at least 4 members (excludes halogenated alkanes) is 9. The van der Waals surface area contributed by atoms with Gasteiger partial charge in [0, 0.05) is 6.08 Å². The van der Waals surface area contributed by atoms with Crippen LogP contribution in [0.3, 0.4) is 0 Å². The molecule has 0 unspecified atom stereocenters. The maximum atomic E-state index is 11.3. The molecule has 0 amide bonds. The molecule has 0 bridgehead atoms. The van der Waals surface area contributed by atoms with E-state index in [2.05, 4.69) is 6.92 Å². The van der Waals surface area contributed by atoms with Crippen molar-refractivity contribution in [1.29, 1.82) is 0 Å². The van der Waals surface area contributed by atoms with Crippen LogP contribution in [0.25, 0.3) is 6.08 Å². The molecule has 146 valence electrons. The van der Waals surface area contributed by atoms with Gasteiger partial charge in [-0.3, -0.25) is 0 Å². The number of carbonyl (C=O) groups is 1. The lowest BCUT2D eigenvalue weighted by Gasteiger charge is -2.06. The molecule has 0 radical (unpaired) electrons. The number of hydrogen-bond donors (Lipinski definition) is 0. The number of rotatable bonds is 15. The highest BCUT2D eigenvalue weighted by Crippen LogP contribution is 2.15. The Labute approximate surface area is 159 Å². The zero-order chi connectivity index (χ0) is 18.9. The molecule has 0 N–H and O–H groups in total. The summed E-state index contributed by atoms with van der Waals surface area (Å²) in [6, 6.07) is 7.79. The molecule has 0 aliphatic heterocycles. The minimum atomic E-state index is -0.311. The molecule has 0 spiro atoms. The van der Waals surface area contributed by atoms with Crippen LogP contribution in [0.5, 0.6) is 5.75 Å². The molecule has 0 fully saturated rings. The minimum absolute atomic E-state index is 0.311. The second kappa shape index (κ2) is 15.5. The highest BCUT2D eigenvalue weighted by molar-refractivity contribution is 5.87. The van der Waals surface area contributed by atoms with Gasteiger partial charge in [0.15, 0.2) is 0 Å². The van der Waals surface area contributed by atoms with Gasteiger partial charge in [0.25, 0.3) is 0 Å². The third-order valence-electron chi connectivity index (χ3n) is 4.35. The van der Waals surface area contributed by atoms with Crippen molar-refractivity contribution >= 4 is 12.0 Å². The van der Waals surface area contributed by atoms with Crippen LogP contribution >= 0.6 is 0 Å². The average molecular weight is 361 g/mol. The van der Waals surface area contributed by atoms with Gasteiger partial charge in [-0.15, -0.1) is 0 Å². The van der Waals surface area contributed by atoms with Gasteiger partial charge in [-0.1, -0.05) is 76.8 Å². The fourth-order valence-corrected chi connectivity index (χ4v) is 2.81. The minimum Gasteiger partial charge on any atom is -0.494 e. The van der Waals surface area contributed by atoms with E-state index >= 15 is 0 Å². The van der Waals surface area contributed by atoms with Crippen LogP contribution in [-0.4, -0.2) is 19.2 Å². The number of hydrogen-bond acceptors (Lipinski definition) is 3. The van der Waals surface area contributed by atoms with Gasteiger partial charge in [0.2, 0.25) is 0 Å². The van der Waals surface area contributed by atoms with Crippen LogP contribution in [0.4, 0.5) is 0 Å². The second-order valence-electron chi connectivity index (χ2n) is 6.68. The van der Waals surface area contributed by atoms with E-state index in [1.54, 1.807) is 13.0 Å². The zero-order valence-corrected chi connectivity index (χ0v) is 16.7. The van der Waals surface area contributed by atoms with Crippen molar-refractivity contribution in [3.05, 3.63) is 35.9 Å². The van der Waals surface area contributed by atoms with Gasteiger partial charge in [-0.05, 0) is 37.1 Å². The van der Waals surface area contributed by atoms with Gasteiger partial charge < -0.3 is 9.47 Å². The molecule has 3 nitrogen and oxygen atoms in total. The predicted molar refractivity (Wildman–Crippen MR) is 109 cm³/mol. The molecule has 0 saturated carbocycles. The van der Waals surface area contributed by atoms with E-state index in [-0.39, 0.29) is 5.97 Å². The Bertz CT molecular complexity index is 491. The molecule has 0 aliphatic rings. The maximum Gasteiger partial charge on any atom is 0.330 e. The van der Waals surface area contributed by atoms with Crippen molar-refractivity contribution in [2.75, 3.05) is 13.2 Å². The number of benzene rings is 1. The Morgan fingerprint density at radius 3 is 2.00 bits per heavy atom. The third-order valence-corrected chi connectivity index (χ3v) is 4.35. The molecule has 1 aromatic rings. The Morgan fingerprint density at radius 1 is 0.846 bits per heavy atom. The molecule has 26 heavy (non-hydrogen) atoms. The Balaban J connectivity index is 2.05. The van der Waals surface area contributed by atoms with Gasteiger partial charge in [-0.25, -0.2) is 4.79 Å². The number of ether oxygens (including phenoxy) is 2. The normalized spacial score (nSPS) is 11.0. The second-order valence-corrected chi connectivity index (χ2v) is 6.68. The number of carbonyl (C=O) groups excluding carboxylic acids is 1. The summed E-state index contributed by atoms with van der Waals surface area (Å²) in [6.07, 6.45) is 16.5. The predicted octanol–water partition coefficient (Wildman–Crippen LogP) is 6.56. The fourth-order valence-electron chi connectivity index (χ4n) is 2.81. The summed E-state index contributed by atoms with van der Waals surface area (Å²) in [5.74, 6) is 0.572. The monoisotopic (exact) mass is 360 g/mol. The summed E-state index contributed by atoms with van der Waals surface area (Å²) in [4.78, 5) is 11.3. The first-order chi connectivity index (χ1) is 12.8. The lowest BCUT2D eigenvalue weighted by atomic mass is 10.1. The Hall–Kier alpha value is -1.77. The van der Waals surface area contributed by atoms with Crippen molar-refractivity contribution in [2.45, 2.75) is 78.1 Å². The fraction of sp³-hybridized carbons (Fsp3) is 0.609. The average Bonchev–Trinajstić information content (AvgIpc) is 2.65. The van der Waals surface area contributed by atoms with E-state index in [9.17, 15) is 4.79 Å². The number of esters is 1. The van der Waals surface area contributed by atoms with E-state index in [1.165, 1.54) is 63.9 Å². The molecule has 0 saturated heterocycles. The Kier molecular flexibility index (Phi) is 13.3. The maximum absolute atomic E-state index is 11.3. The zero-order valence-electron chi connectivity index (χ0n) is 16.7. The molecular formula is C23H36O3. The smallest absolute Gasteiger partial charge is 0.330 e. The van der Waals surface area contributed by atoms with Crippen molar-refractivity contribution < 1.29 is 14.3 Å². The Morgan fingerprint density at radius 2 is 1.42 bits per heavy atom. The highest BCUT2D eigenvalue weighted by atomic mass is 16.5. The van der Waals surface area contributed by atoms with E-state index < -0.39 is 0 Å². The summed E-state index contributed by atoms with van der Waals surface area (Å²) >= 11 is 0. The van der Waals surface area contributed by atoms with Crippen LogP contribution < -0.4 is 4.74 Å². The molecule has 0 aromatic heterocycles. The molecule has 3 heteroatoms. The van der Waals surface area contributed by atoms with Crippen LogP contribution in [0.2, 0.25) is 0 Å². The lowest BCUT2D eigenvalue weighted by molar-refractivity contribution is -0.137. The molecule has 0 aliphatic carbocycles. The first-order valence-electron chi connectivity index (χ1n) is 10.3. The van der Waals surface area contributed by atoms with Crippen LogP contribution in [0.1, 0.15) is 83.6 Å². The van der Waals surface area contributed by atoms with Gasteiger partial charge in [0.05, 0.1) is 13.2 Å². The highest BCUT2D eigenvalue weighted by Gasteiger charge is 1.97. The van der Waals surface area contributed by atoms with Gasteiger partial charge in [-0.2, -0.15) is 0 Å². The van der Waals surface area contributed by atoms with Crippen molar-refractivity contribution in [3.8, 4) is 5.75 Å². The lowest BCUT2D eigenvalue weighted by Crippen LogP contribution is -1.98. The first-order valence-corrected chi connectivity index (χ1v) is 10.3. The molecular weight excluding hydrogens is 324 g/mol. The first kappa shape index (κ1) is 22.3. The summed E-state index contributed by atoms with van der Waals surface area (Å²) in [6.45, 7) is 5.23. The van der Waals surface area contributed by atoms with E-state index in [1.807, 2.05) is 24.3 Å². The topological polar surface area (TPSA) is 35.5 Å². The van der Waals surface area contributed by atoms with E-state index in [0.29, 0.717) is 6.61 Å². The van der Waals surface area contributed by atoms with Gasteiger partial charge in [0.1, 0.15) is 5.75 Å². The molecule has 1 rings (SSSR count). The van der Waals surface area contributed by atoms with Crippen molar-refractivity contribution in [2.24, 2.45) is 0 Å². The molecule has 0 atom stereocenters. The standard InChI is InChI=1S/C23H36O3/c1-3-5-6-7-8-9-10-11-12-13-20-26-22-17-14-21(15-18-22)16-19-23(24)25-4-2/h14-19H,3-13,20H2,1-2H3/b19-16+. The van der Waals surface area contributed by atoms with E-state index in [4.69, 9.17) is 9.47 Å². The summed E-state index contributed by atoms with van der Waals surface area (Å²) in [5, 5.41) is 0. The van der Waals surface area contributed by atoms with Crippen LogP contribution in [0, 0.1) is 0 Å². The summed E-state index contributed by atoms with van der Waals surface area (Å²) < 4.78 is 10.6. The van der Waals surface area contributed by atoms with Crippen LogP contribution in [-0.2, 0) is 9.53 Å². The quantitative estimate of drug-likeness (QED) is 0.202. The van der Waals surface area contributed by atoms with Crippen molar-refractivity contribution in [3.63, 3.8) is 0 Å². The van der Waals surface area contributed by atoms with Crippen LogP contribution in [0.15, 0.2) is 30.3 Å². The third kappa shape index (κ3) is 11.7. The van der Waals surface area contributed by atoms with E-state index in [0.717, 1.165) is 24.3 Å². The SMILES string of the molecule is CCCCCCCCCCCCOc1ccc(/C=C/C(=O)OCC)cc1. The molecule has 1 aromatic carbocycles.